The van der Waals surface area contributed by atoms with Gasteiger partial charge in [0.15, 0.2) is 23.3 Å². The number of hydrogen-bond donors (Lipinski definition) is 2. The summed E-state index contributed by atoms with van der Waals surface area (Å²) in [5.74, 6) is -7.55. The van der Waals surface area contributed by atoms with E-state index in [0.29, 0.717) is 6.54 Å². The van der Waals surface area contributed by atoms with Gasteiger partial charge in [0.25, 0.3) is 5.91 Å². The van der Waals surface area contributed by atoms with Crippen LogP contribution in [-0.4, -0.2) is 25.5 Å². The van der Waals surface area contributed by atoms with E-state index in [1.165, 1.54) is 0 Å². The smallest absolute Gasteiger partial charge is 0.257 e. The average molecular weight is 276 g/mol. The van der Waals surface area contributed by atoms with Crippen molar-refractivity contribution >= 4 is 5.91 Å². The molecule has 1 saturated heterocycles. The number of carbonyl (C=O) groups excluding carboxylic acids is 1. The van der Waals surface area contributed by atoms with E-state index in [9.17, 15) is 22.4 Å². The highest BCUT2D eigenvalue weighted by atomic mass is 19.2. The lowest BCUT2D eigenvalue weighted by molar-refractivity contribution is 0.0937. The predicted molar refractivity (Wildman–Crippen MR) is 59.6 cm³/mol. The van der Waals surface area contributed by atoms with Gasteiger partial charge in [0.05, 0.1) is 0 Å². The molecule has 1 aromatic carbocycles. The quantitative estimate of drug-likeness (QED) is 0.650. The van der Waals surface area contributed by atoms with Crippen LogP contribution in [0.15, 0.2) is 6.07 Å². The molecule has 7 heteroatoms. The summed E-state index contributed by atoms with van der Waals surface area (Å²) < 4.78 is 52.6. The Hall–Kier alpha value is -1.63. The summed E-state index contributed by atoms with van der Waals surface area (Å²) in [5, 5.41) is 5.34. The minimum absolute atomic E-state index is 0.0718. The molecule has 1 aromatic rings. The highest BCUT2D eigenvalue weighted by Crippen LogP contribution is 2.19. The molecule has 2 rings (SSSR count). The first kappa shape index (κ1) is 13.8. The van der Waals surface area contributed by atoms with Gasteiger partial charge in [-0.05, 0) is 25.4 Å². The van der Waals surface area contributed by atoms with Crippen LogP contribution in [0.2, 0.25) is 0 Å². The monoisotopic (exact) mass is 276 g/mol. The van der Waals surface area contributed by atoms with Crippen molar-refractivity contribution in [2.45, 2.75) is 6.42 Å². The number of rotatable bonds is 3. The molecular formula is C12H12F4N2O. The molecular weight excluding hydrogens is 264 g/mol. The second-order valence-corrected chi connectivity index (χ2v) is 4.41. The number of halogens is 4. The van der Waals surface area contributed by atoms with Crippen LogP contribution in [0.25, 0.3) is 0 Å². The molecule has 1 aliphatic rings. The van der Waals surface area contributed by atoms with E-state index in [0.717, 1.165) is 13.0 Å². The molecule has 1 aliphatic heterocycles. The Balaban J connectivity index is 2.14. The molecule has 0 aliphatic carbocycles. The maximum absolute atomic E-state index is 13.3. The largest absolute Gasteiger partial charge is 0.352 e. The molecule has 0 radical (unpaired) electrons. The first-order chi connectivity index (χ1) is 9.00. The van der Waals surface area contributed by atoms with E-state index in [1.807, 2.05) is 0 Å². The molecule has 0 spiro atoms. The molecule has 0 aromatic heterocycles. The number of nitrogens with one attached hydrogen (secondary N) is 2. The topological polar surface area (TPSA) is 41.1 Å². The zero-order chi connectivity index (χ0) is 14.0. The molecule has 1 heterocycles. The van der Waals surface area contributed by atoms with Crippen LogP contribution in [0.3, 0.4) is 0 Å². The second kappa shape index (κ2) is 5.56. The lowest BCUT2D eigenvalue weighted by Crippen LogP contribution is -2.32. The first-order valence-electron chi connectivity index (χ1n) is 5.82. The van der Waals surface area contributed by atoms with Gasteiger partial charge in [-0.3, -0.25) is 4.79 Å². The van der Waals surface area contributed by atoms with Crippen molar-refractivity contribution in [1.29, 1.82) is 0 Å². The Morgan fingerprint density at radius 2 is 1.89 bits per heavy atom. The van der Waals surface area contributed by atoms with Gasteiger partial charge in [0.2, 0.25) is 0 Å². The molecule has 1 fully saturated rings. The number of benzene rings is 1. The Kier molecular flexibility index (Phi) is 4.04. The van der Waals surface area contributed by atoms with Crippen LogP contribution in [0.1, 0.15) is 16.8 Å². The summed E-state index contributed by atoms with van der Waals surface area (Å²) in [4.78, 5) is 11.6. The van der Waals surface area contributed by atoms with E-state index < -0.39 is 34.7 Å². The van der Waals surface area contributed by atoms with Gasteiger partial charge in [-0.2, -0.15) is 0 Å². The fourth-order valence-electron chi connectivity index (χ4n) is 1.99. The van der Waals surface area contributed by atoms with E-state index in [1.54, 1.807) is 0 Å². The zero-order valence-corrected chi connectivity index (χ0v) is 9.90. The van der Waals surface area contributed by atoms with E-state index in [2.05, 4.69) is 10.6 Å². The van der Waals surface area contributed by atoms with Gasteiger partial charge in [-0.15, -0.1) is 0 Å². The fraction of sp³-hybridized carbons (Fsp3) is 0.417. The Labute approximate surface area is 107 Å². The van der Waals surface area contributed by atoms with Crippen LogP contribution in [0.4, 0.5) is 17.6 Å². The van der Waals surface area contributed by atoms with Crippen LogP contribution >= 0.6 is 0 Å². The lowest BCUT2D eigenvalue weighted by Gasteiger charge is -2.11. The third kappa shape index (κ3) is 2.86. The number of carbonyl (C=O) groups is 1. The molecule has 0 saturated carbocycles. The molecule has 1 atom stereocenters. The van der Waals surface area contributed by atoms with Crippen LogP contribution in [0, 0.1) is 29.2 Å². The summed E-state index contributed by atoms with van der Waals surface area (Å²) in [7, 11) is 0. The van der Waals surface area contributed by atoms with Gasteiger partial charge in [-0.1, -0.05) is 0 Å². The van der Waals surface area contributed by atoms with Crippen molar-refractivity contribution in [3.63, 3.8) is 0 Å². The summed E-state index contributed by atoms with van der Waals surface area (Å²) in [6.07, 6.45) is 0.822. The summed E-state index contributed by atoms with van der Waals surface area (Å²) in [5.41, 5.74) is -1.22. The normalized spacial score (nSPS) is 18.6. The summed E-state index contributed by atoms with van der Waals surface area (Å²) >= 11 is 0. The fourth-order valence-corrected chi connectivity index (χ4v) is 1.99. The SMILES string of the molecule is O=C(NCC1CCNC1)c1c(F)c(F)cc(F)c1F. The third-order valence-electron chi connectivity index (χ3n) is 3.05. The molecule has 104 valence electrons. The maximum atomic E-state index is 13.3. The highest BCUT2D eigenvalue weighted by Gasteiger charge is 2.25. The average Bonchev–Trinajstić information content (AvgIpc) is 2.87. The minimum Gasteiger partial charge on any atom is -0.352 e. The molecule has 2 N–H and O–H groups in total. The van der Waals surface area contributed by atoms with E-state index >= 15 is 0 Å². The second-order valence-electron chi connectivity index (χ2n) is 4.41. The van der Waals surface area contributed by atoms with Crippen molar-refractivity contribution < 1.29 is 22.4 Å². The van der Waals surface area contributed by atoms with Gasteiger partial charge >= 0.3 is 0 Å². The molecule has 0 bridgehead atoms. The van der Waals surface area contributed by atoms with Gasteiger partial charge < -0.3 is 10.6 Å². The van der Waals surface area contributed by atoms with Gasteiger partial charge in [0, 0.05) is 12.6 Å². The first-order valence-corrected chi connectivity index (χ1v) is 5.82. The predicted octanol–water partition coefficient (Wildman–Crippen LogP) is 1.58. The third-order valence-corrected chi connectivity index (χ3v) is 3.05. The highest BCUT2D eigenvalue weighted by molar-refractivity contribution is 5.94. The molecule has 3 nitrogen and oxygen atoms in total. The standard InChI is InChI=1S/C12H12F4N2O/c13-7-3-8(14)11(16)9(10(7)15)12(19)18-5-6-1-2-17-4-6/h3,6,17H,1-2,4-5H2,(H,18,19). The lowest BCUT2D eigenvalue weighted by atomic mass is 10.1. The van der Waals surface area contributed by atoms with Crippen molar-refractivity contribution in [2.24, 2.45) is 5.92 Å². The van der Waals surface area contributed by atoms with Gasteiger partial charge in [0.1, 0.15) is 5.56 Å². The van der Waals surface area contributed by atoms with Crippen molar-refractivity contribution in [3.05, 3.63) is 34.9 Å². The van der Waals surface area contributed by atoms with Crippen molar-refractivity contribution in [2.75, 3.05) is 19.6 Å². The number of amides is 1. The zero-order valence-electron chi connectivity index (χ0n) is 9.90. The summed E-state index contributed by atoms with van der Waals surface area (Å²) in [6, 6.07) is 0.0718. The Bertz CT molecular complexity index is 475. The van der Waals surface area contributed by atoms with Crippen LogP contribution in [-0.2, 0) is 0 Å². The van der Waals surface area contributed by atoms with Crippen LogP contribution in [0.5, 0.6) is 0 Å². The van der Waals surface area contributed by atoms with E-state index in [-0.39, 0.29) is 18.5 Å². The van der Waals surface area contributed by atoms with Crippen molar-refractivity contribution in [1.82, 2.24) is 10.6 Å². The number of hydrogen-bond acceptors (Lipinski definition) is 2. The molecule has 1 amide bonds. The Morgan fingerprint density at radius 1 is 1.26 bits per heavy atom. The maximum Gasteiger partial charge on any atom is 0.257 e. The minimum atomic E-state index is -1.68. The molecule has 19 heavy (non-hydrogen) atoms. The molecule has 1 unspecified atom stereocenters. The Morgan fingerprint density at radius 3 is 2.42 bits per heavy atom. The van der Waals surface area contributed by atoms with Crippen molar-refractivity contribution in [3.8, 4) is 0 Å². The van der Waals surface area contributed by atoms with Gasteiger partial charge in [-0.25, -0.2) is 17.6 Å². The van der Waals surface area contributed by atoms with E-state index in [4.69, 9.17) is 0 Å². The summed E-state index contributed by atoms with van der Waals surface area (Å²) in [6.45, 7) is 1.68. The van der Waals surface area contributed by atoms with Crippen LogP contribution < -0.4 is 10.6 Å².